The number of benzene rings is 1. The van der Waals surface area contributed by atoms with E-state index in [1.165, 1.54) is 16.2 Å². The molecule has 0 aliphatic heterocycles. The molecule has 1 unspecified atom stereocenters. The van der Waals surface area contributed by atoms with Gasteiger partial charge in [0.25, 0.3) is 0 Å². The maximum atomic E-state index is 11.9. The van der Waals surface area contributed by atoms with Crippen LogP contribution in [-0.2, 0) is 11.3 Å². The molecule has 1 heterocycles. The molecule has 1 aromatic heterocycles. The molecular formula is C14H16ClN3O3S. The van der Waals surface area contributed by atoms with Gasteiger partial charge in [0, 0.05) is 18.6 Å². The standard InChI is InChI=1S/C14H16ClN3O3S/c1-8(13(19)20)7-18(2)14(21)16-6-12-17-10-5-9(15)3-4-11(10)22-12/h3-5,8H,6-7H2,1-2H3,(H,16,21)(H,19,20). The van der Waals surface area contributed by atoms with Crippen molar-refractivity contribution in [3.63, 3.8) is 0 Å². The Labute approximate surface area is 136 Å². The van der Waals surface area contributed by atoms with Crippen LogP contribution in [0.5, 0.6) is 0 Å². The number of aromatic nitrogens is 1. The maximum absolute atomic E-state index is 11.9. The lowest BCUT2D eigenvalue weighted by molar-refractivity contribution is -0.141. The van der Waals surface area contributed by atoms with Crippen LogP contribution in [0.2, 0.25) is 5.02 Å². The van der Waals surface area contributed by atoms with Crippen LogP contribution < -0.4 is 5.32 Å². The van der Waals surface area contributed by atoms with Gasteiger partial charge in [-0.2, -0.15) is 0 Å². The second-order valence-electron chi connectivity index (χ2n) is 5.00. The van der Waals surface area contributed by atoms with Crippen LogP contribution >= 0.6 is 22.9 Å². The highest BCUT2D eigenvalue weighted by atomic mass is 35.5. The highest BCUT2D eigenvalue weighted by molar-refractivity contribution is 7.18. The van der Waals surface area contributed by atoms with Gasteiger partial charge in [0.1, 0.15) is 5.01 Å². The second-order valence-corrected chi connectivity index (χ2v) is 6.55. The van der Waals surface area contributed by atoms with Gasteiger partial charge < -0.3 is 15.3 Å². The van der Waals surface area contributed by atoms with Crippen molar-refractivity contribution in [3.05, 3.63) is 28.2 Å². The van der Waals surface area contributed by atoms with Crippen molar-refractivity contribution in [1.82, 2.24) is 15.2 Å². The Kier molecular flexibility index (Phi) is 5.20. The average molecular weight is 342 g/mol. The number of nitrogens with one attached hydrogen (secondary N) is 1. The van der Waals surface area contributed by atoms with Crippen molar-refractivity contribution < 1.29 is 14.7 Å². The monoisotopic (exact) mass is 341 g/mol. The Morgan fingerprint density at radius 1 is 1.50 bits per heavy atom. The number of urea groups is 1. The predicted octanol–water partition coefficient (Wildman–Crippen LogP) is 2.81. The van der Waals surface area contributed by atoms with Crippen LogP contribution in [-0.4, -0.2) is 40.6 Å². The molecular weight excluding hydrogens is 326 g/mol. The number of carbonyl (C=O) groups is 2. The molecule has 22 heavy (non-hydrogen) atoms. The minimum absolute atomic E-state index is 0.149. The van der Waals surface area contributed by atoms with Gasteiger partial charge in [0.05, 0.1) is 22.7 Å². The number of hydrogen-bond acceptors (Lipinski definition) is 4. The van der Waals surface area contributed by atoms with E-state index in [1.807, 2.05) is 6.07 Å². The molecule has 2 N–H and O–H groups in total. The zero-order chi connectivity index (χ0) is 16.3. The number of carboxylic acid groups (broad SMARTS) is 1. The lowest BCUT2D eigenvalue weighted by atomic mass is 10.2. The number of halogens is 1. The first-order valence-electron chi connectivity index (χ1n) is 6.63. The third-order valence-corrected chi connectivity index (χ3v) is 4.37. The smallest absolute Gasteiger partial charge is 0.317 e. The van der Waals surface area contributed by atoms with Gasteiger partial charge in [-0.25, -0.2) is 9.78 Å². The van der Waals surface area contributed by atoms with Crippen molar-refractivity contribution in [2.24, 2.45) is 5.92 Å². The van der Waals surface area contributed by atoms with Crippen LogP contribution in [0.3, 0.4) is 0 Å². The van der Waals surface area contributed by atoms with Crippen LogP contribution in [0.25, 0.3) is 10.2 Å². The first kappa shape index (κ1) is 16.5. The first-order valence-corrected chi connectivity index (χ1v) is 7.83. The summed E-state index contributed by atoms with van der Waals surface area (Å²) in [5, 5.41) is 13.0. The Morgan fingerprint density at radius 2 is 2.23 bits per heavy atom. The number of fused-ring (bicyclic) bond motifs is 1. The van der Waals surface area contributed by atoms with Crippen molar-refractivity contribution in [2.45, 2.75) is 13.5 Å². The molecule has 1 atom stereocenters. The summed E-state index contributed by atoms with van der Waals surface area (Å²) in [5.41, 5.74) is 0.801. The summed E-state index contributed by atoms with van der Waals surface area (Å²) >= 11 is 7.39. The summed E-state index contributed by atoms with van der Waals surface area (Å²) in [7, 11) is 1.56. The van der Waals surface area contributed by atoms with Crippen LogP contribution in [0.15, 0.2) is 18.2 Å². The number of nitrogens with zero attached hydrogens (tertiary/aromatic N) is 2. The number of carboxylic acids is 1. The number of hydrogen-bond donors (Lipinski definition) is 2. The van der Waals surface area contributed by atoms with Crippen LogP contribution in [0.1, 0.15) is 11.9 Å². The average Bonchev–Trinajstić information content (AvgIpc) is 2.86. The van der Waals surface area contributed by atoms with Crippen molar-refractivity contribution in [2.75, 3.05) is 13.6 Å². The van der Waals surface area contributed by atoms with E-state index in [0.717, 1.165) is 15.2 Å². The molecule has 0 bridgehead atoms. The summed E-state index contributed by atoms with van der Waals surface area (Å²) in [6.07, 6.45) is 0. The van der Waals surface area contributed by atoms with E-state index in [1.54, 1.807) is 26.1 Å². The Bertz CT molecular complexity index is 704. The number of aliphatic carboxylic acids is 1. The number of carbonyl (C=O) groups excluding carboxylic acids is 1. The zero-order valence-corrected chi connectivity index (χ0v) is 13.7. The van der Waals surface area contributed by atoms with E-state index in [4.69, 9.17) is 16.7 Å². The van der Waals surface area contributed by atoms with E-state index in [-0.39, 0.29) is 12.6 Å². The molecule has 0 saturated heterocycles. The predicted molar refractivity (Wildman–Crippen MR) is 86.3 cm³/mol. The lowest BCUT2D eigenvalue weighted by Gasteiger charge is -2.19. The molecule has 0 spiro atoms. The minimum Gasteiger partial charge on any atom is -0.481 e. The molecule has 2 aromatic rings. The van der Waals surface area contributed by atoms with Gasteiger partial charge in [-0.15, -0.1) is 11.3 Å². The molecule has 6 nitrogen and oxygen atoms in total. The number of amides is 2. The molecule has 2 amide bonds. The van der Waals surface area contributed by atoms with Gasteiger partial charge in [-0.05, 0) is 18.2 Å². The first-order chi connectivity index (χ1) is 10.4. The van der Waals surface area contributed by atoms with Crippen LogP contribution in [0.4, 0.5) is 4.79 Å². The Morgan fingerprint density at radius 3 is 2.91 bits per heavy atom. The highest BCUT2D eigenvalue weighted by Gasteiger charge is 2.17. The number of rotatable bonds is 5. The molecule has 0 radical (unpaired) electrons. The zero-order valence-electron chi connectivity index (χ0n) is 12.2. The third kappa shape index (κ3) is 4.08. The SMILES string of the molecule is CC(CN(C)C(=O)NCc1nc2cc(Cl)ccc2s1)C(=O)O. The second kappa shape index (κ2) is 6.93. The molecule has 0 saturated carbocycles. The number of thiazole rings is 1. The lowest BCUT2D eigenvalue weighted by Crippen LogP contribution is -2.40. The molecule has 2 rings (SSSR count). The van der Waals surface area contributed by atoms with Gasteiger partial charge in [0.2, 0.25) is 0 Å². The van der Waals surface area contributed by atoms with E-state index >= 15 is 0 Å². The molecule has 118 valence electrons. The molecule has 8 heteroatoms. The van der Waals surface area contributed by atoms with Gasteiger partial charge in [-0.3, -0.25) is 4.79 Å². The Balaban J connectivity index is 1.93. The van der Waals surface area contributed by atoms with Gasteiger partial charge in [0.15, 0.2) is 0 Å². The van der Waals surface area contributed by atoms with E-state index < -0.39 is 11.9 Å². The summed E-state index contributed by atoms with van der Waals surface area (Å²) in [6.45, 7) is 2.00. The fourth-order valence-corrected chi connectivity index (χ4v) is 2.94. The van der Waals surface area contributed by atoms with E-state index in [2.05, 4.69) is 10.3 Å². The van der Waals surface area contributed by atoms with Crippen molar-refractivity contribution >= 4 is 45.2 Å². The molecule has 0 aliphatic rings. The molecule has 0 aliphatic carbocycles. The summed E-state index contributed by atoms with van der Waals surface area (Å²) < 4.78 is 1.00. The van der Waals surface area contributed by atoms with Crippen molar-refractivity contribution in [3.8, 4) is 0 Å². The van der Waals surface area contributed by atoms with Gasteiger partial charge in [-0.1, -0.05) is 18.5 Å². The molecule has 1 aromatic carbocycles. The van der Waals surface area contributed by atoms with Gasteiger partial charge >= 0.3 is 12.0 Å². The normalized spacial score (nSPS) is 12.1. The highest BCUT2D eigenvalue weighted by Crippen LogP contribution is 2.24. The largest absolute Gasteiger partial charge is 0.481 e. The third-order valence-electron chi connectivity index (χ3n) is 3.10. The van der Waals surface area contributed by atoms with E-state index in [9.17, 15) is 9.59 Å². The van der Waals surface area contributed by atoms with Crippen LogP contribution in [0, 0.1) is 5.92 Å². The van der Waals surface area contributed by atoms with E-state index in [0.29, 0.717) is 11.6 Å². The summed E-state index contributed by atoms with van der Waals surface area (Å²) in [5.74, 6) is -1.54. The summed E-state index contributed by atoms with van der Waals surface area (Å²) in [6, 6.07) is 5.14. The molecule has 0 fully saturated rings. The van der Waals surface area contributed by atoms with Crippen molar-refractivity contribution in [1.29, 1.82) is 0 Å². The quantitative estimate of drug-likeness (QED) is 0.876. The maximum Gasteiger partial charge on any atom is 0.317 e. The summed E-state index contributed by atoms with van der Waals surface area (Å²) in [4.78, 5) is 28.5. The topological polar surface area (TPSA) is 82.5 Å². The Hall–Kier alpha value is -1.86. The fraction of sp³-hybridized carbons (Fsp3) is 0.357. The fourth-order valence-electron chi connectivity index (χ4n) is 1.88. The minimum atomic E-state index is -0.928.